The number of tetrazole rings is 1. The van der Waals surface area contributed by atoms with Crippen LogP contribution in [-0.2, 0) is 13.5 Å². The van der Waals surface area contributed by atoms with Crippen molar-refractivity contribution in [2.45, 2.75) is 58.8 Å². The van der Waals surface area contributed by atoms with Crippen LogP contribution in [0, 0.1) is 24.2 Å². The van der Waals surface area contributed by atoms with Crippen LogP contribution in [-0.4, -0.2) is 36.2 Å². The molecule has 40 heavy (non-hydrogen) atoms. The maximum absolute atomic E-state index is 12.5. The maximum Gasteiger partial charge on any atom is 0.368 e. The summed E-state index contributed by atoms with van der Waals surface area (Å²) in [6.07, 6.45) is 15.9. The summed E-state index contributed by atoms with van der Waals surface area (Å²) in [6, 6.07) is 15.1. The van der Waals surface area contributed by atoms with Crippen LogP contribution in [0.15, 0.2) is 59.5 Å². The Morgan fingerprint density at radius 1 is 1.05 bits per heavy atom. The van der Waals surface area contributed by atoms with Gasteiger partial charge in [-0.3, -0.25) is 0 Å². The smallest absolute Gasteiger partial charge is 0.368 e. The van der Waals surface area contributed by atoms with Gasteiger partial charge < -0.3 is 4.74 Å². The Kier molecular flexibility index (Phi) is 10.2. The van der Waals surface area contributed by atoms with Crippen molar-refractivity contribution in [2.75, 3.05) is 6.61 Å². The van der Waals surface area contributed by atoms with E-state index in [1.54, 1.807) is 17.8 Å². The van der Waals surface area contributed by atoms with Gasteiger partial charge in [-0.1, -0.05) is 82.0 Å². The summed E-state index contributed by atoms with van der Waals surface area (Å²) in [5.41, 5.74) is 2.76. The Hall–Kier alpha value is -3.83. The van der Waals surface area contributed by atoms with Gasteiger partial charge in [0.1, 0.15) is 0 Å². The van der Waals surface area contributed by atoms with E-state index in [-0.39, 0.29) is 11.6 Å². The molecule has 2 heterocycles. The van der Waals surface area contributed by atoms with Crippen LogP contribution in [0.1, 0.15) is 63.5 Å². The van der Waals surface area contributed by atoms with Crippen molar-refractivity contribution in [1.29, 1.82) is 0 Å². The second kappa shape index (κ2) is 14.0. The molecule has 0 N–H and O–H groups in total. The molecule has 9 heteroatoms. The number of benzene rings is 2. The van der Waals surface area contributed by atoms with Crippen LogP contribution in [0.5, 0.6) is 5.88 Å². The number of unbranched alkanes of at least 4 members (excludes halogenated alkanes) is 4. The number of hydrogen-bond donors (Lipinski definition) is 0. The quantitative estimate of drug-likeness (QED) is 0.139. The van der Waals surface area contributed by atoms with Crippen LogP contribution >= 0.6 is 11.6 Å². The number of halogens is 1. The summed E-state index contributed by atoms with van der Waals surface area (Å²) in [4.78, 5) is 12.5. The van der Waals surface area contributed by atoms with E-state index in [1.165, 1.54) is 41.5 Å². The van der Waals surface area contributed by atoms with Crippen LogP contribution in [0.3, 0.4) is 0 Å². The lowest BCUT2D eigenvalue weighted by Gasteiger charge is -2.25. The molecular weight excluding hydrogens is 524 g/mol. The molecule has 4 aromatic rings. The van der Waals surface area contributed by atoms with Crippen molar-refractivity contribution < 1.29 is 4.74 Å². The minimum absolute atomic E-state index is 0.188. The van der Waals surface area contributed by atoms with Crippen molar-refractivity contribution in [3.63, 3.8) is 0 Å². The van der Waals surface area contributed by atoms with Crippen molar-refractivity contribution in [3.05, 3.63) is 81.4 Å². The van der Waals surface area contributed by atoms with Crippen LogP contribution in [0.2, 0.25) is 5.02 Å². The highest BCUT2D eigenvalue weighted by Crippen LogP contribution is 2.27. The van der Waals surface area contributed by atoms with Crippen molar-refractivity contribution in [3.8, 4) is 29.6 Å². The minimum atomic E-state index is -0.342. The maximum atomic E-state index is 12.5. The van der Waals surface area contributed by atoms with Gasteiger partial charge in [0, 0.05) is 24.3 Å². The van der Waals surface area contributed by atoms with E-state index in [2.05, 4.69) is 35.3 Å². The number of aryl methyl sites for hydroxylation is 1. The van der Waals surface area contributed by atoms with Gasteiger partial charge in [-0.15, -0.1) is 11.5 Å². The minimum Gasteiger partial charge on any atom is -0.476 e. The fraction of sp³-hybridized carbons (Fsp3) is 0.419. The van der Waals surface area contributed by atoms with Crippen molar-refractivity contribution in [1.82, 2.24) is 29.6 Å². The first-order valence-corrected chi connectivity index (χ1v) is 14.3. The topological polar surface area (TPSA) is 79.8 Å². The van der Waals surface area contributed by atoms with Crippen LogP contribution in [0.4, 0.5) is 0 Å². The van der Waals surface area contributed by atoms with Gasteiger partial charge >= 0.3 is 5.69 Å². The lowest BCUT2D eigenvalue weighted by molar-refractivity contribution is 0.186. The average molecular weight is 561 g/mol. The molecule has 0 radical (unpaired) electrons. The van der Waals surface area contributed by atoms with Gasteiger partial charge in [0.25, 0.3) is 0 Å². The van der Waals surface area contributed by atoms with E-state index in [4.69, 9.17) is 22.8 Å². The largest absolute Gasteiger partial charge is 0.476 e. The number of rotatable bonds is 14. The number of nitrogens with zero attached hydrogens (tertiary/aromatic N) is 6. The molecule has 0 saturated carbocycles. The molecule has 0 aliphatic carbocycles. The zero-order valence-electron chi connectivity index (χ0n) is 23.5. The highest BCUT2D eigenvalue weighted by molar-refractivity contribution is 6.30. The van der Waals surface area contributed by atoms with Gasteiger partial charge in [0.05, 0.1) is 23.5 Å². The summed E-state index contributed by atoms with van der Waals surface area (Å²) in [6.45, 7) is 5.01. The Labute approximate surface area is 240 Å². The second-order valence-corrected chi connectivity index (χ2v) is 10.7. The van der Waals surface area contributed by atoms with E-state index >= 15 is 0 Å². The average Bonchev–Trinajstić information content (AvgIpc) is 3.57. The third kappa shape index (κ3) is 7.22. The number of aromatic nitrogens is 6. The summed E-state index contributed by atoms with van der Waals surface area (Å²) in [7, 11) is 1.56. The lowest BCUT2D eigenvalue weighted by Crippen LogP contribution is -2.25. The van der Waals surface area contributed by atoms with Crippen molar-refractivity contribution in [2.24, 2.45) is 18.9 Å². The monoisotopic (exact) mass is 560 g/mol. The van der Waals surface area contributed by atoms with Gasteiger partial charge in [-0.25, -0.2) is 9.48 Å². The molecule has 8 nitrogen and oxygen atoms in total. The fourth-order valence-corrected chi connectivity index (χ4v) is 5.02. The fourth-order valence-electron chi connectivity index (χ4n) is 4.89. The molecule has 0 amide bonds. The molecule has 0 saturated heterocycles. The molecule has 2 atom stereocenters. The highest BCUT2D eigenvalue weighted by atomic mass is 35.5. The second-order valence-electron chi connectivity index (χ2n) is 10.3. The zero-order chi connectivity index (χ0) is 28.5. The first kappa shape index (κ1) is 29.2. The van der Waals surface area contributed by atoms with E-state index < -0.39 is 0 Å². The van der Waals surface area contributed by atoms with Crippen LogP contribution < -0.4 is 10.4 Å². The molecule has 2 unspecified atom stereocenters. The first-order chi connectivity index (χ1) is 19.4. The van der Waals surface area contributed by atoms with E-state index in [0.29, 0.717) is 41.1 Å². The van der Waals surface area contributed by atoms with Crippen LogP contribution in [0.25, 0.3) is 11.4 Å². The Balaban J connectivity index is 1.53. The lowest BCUT2D eigenvalue weighted by atomic mass is 9.84. The molecule has 210 valence electrons. The normalized spacial score (nSPS) is 12.7. The van der Waals surface area contributed by atoms with Crippen molar-refractivity contribution >= 4 is 11.6 Å². The summed E-state index contributed by atoms with van der Waals surface area (Å²) >= 11 is 6.03. The van der Waals surface area contributed by atoms with E-state index in [9.17, 15) is 4.79 Å². The third-order valence-electron chi connectivity index (χ3n) is 7.37. The Bertz CT molecular complexity index is 1480. The third-order valence-corrected chi connectivity index (χ3v) is 7.63. The van der Waals surface area contributed by atoms with E-state index in [1.807, 2.05) is 48.7 Å². The summed E-state index contributed by atoms with van der Waals surface area (Å²) in [5, 5.41) is 13.1. The molecule has 2 aromatic heterocycles. The Morgan fingerprint density at radius 2 is 1.82 bits per heavy atom. The predicted molar refractivity (Wildman–Crippen MR) is 158 cm³/mol. The molecule has 0 fully saturated rings. The number of terminal acetylenes is 1. The molecule has 4 rings (SSSR count). The first-order valence-electron chi connectivity index (χ1n) is 13.9. The zero-order valence-corrected chi connectivity index (χ0v) is 24.2. The molecule has 0 aliphatic heterocycles. The highest BCUT2D eigenvalue weighted by Gasteiger charge is 2.22. The van der Waals surface area contributed by atoms with Gasteiger partial charge in [0.15, 0.2) is 0 Å². The molecule has 2 aromatic carbocycles. The summed E-state index contributed by atoms with van der Waals surface area (Å²) < 4.78 is 10.5. The molecule has 0 spiro atoms. The summed E-state index contributed by atoms with van der Waals surface area (Å²) in [5.74, 6) is 3.95. The van der Waals surface area contributed by atoms with Gasteiger partial charge in [0.2, 0.25) is 5.88 Å². The SMILES string of the molecule is C#Cc1c(CC(COc2ccn(-c3ccc(Cl)cc3)n2)C(C)CCCCCCC)cccc1-n1nnn(C)c1=O. The standard InChI is InChI=1S/C31H37ClN6O2/c1-5-7-8-9-10-12-23(3)25(22-40-30-19-20-37(33-30)27-17-15-26(32)16-18-27)21-24-13-11-14-29(28(24)6-2)38-31(39)36(4)34-35-38/h2,11,13-20,23,25H,5,7-10,12,21-22H2,1,3-4H3. The predicted octanol–water partition coefficient (Wildman–Crippen LogP) is 6.02. The Morgan fingerprint density at radius 3 is 2.52 bits per heavy atom. The van der Waals surface area contributed by atoms with Gasteiger partial charge in [-0.2, -0.15) is 9.36 Å². The number of hydrogen-bond acceptors (Lipinski definition) is 5. The molecule has 0 aliphatic rings. The van der Waals surface area contributed by atoms with E-state index in [0.717, 1.165) is 17.7 Å². The molecule has 0 bridgehead atoms. The molecular formula is C31H37ClN6O2. The number of ether oxygens (including phenoxy) is 1. The van der Waals surface area contributed by atoms with Gasteiger partial charge in [-0.05, 0) is 64.6 Å².